The van der Waals surface area contributed by atoms with Crippen molar-refractivity contribution < 1.29 is 22.0 Å². The second-order valence-corrected chi connectivity index (χ2v) is 8.01. The number of hydrogen-bond donors (Lipinski definition) is 1. The van der Waals surface area contributed by atoms with Gasteiger partial charge in [0.25, 0.3) is 11.8 Å². The minimum Gasteiger partial charge on any atom is -0.349 e. The number of rotatable bonds is 4. The van der Waals surface area contributed by atoms with Crippen LogP contribution >= 0.6 is 0 Å². The summed E-state index contributed by atoms with van der Waals surface area (Å²) in [5.41, 5.74) is 0.264. The van der Waals surface area contributed by atoms with Gasteiger partial charge in [-0.2, -0.15) is 4.31 Å². The third kappa shape index (κ3) is 3.37. The number of carbonyl (C=O) groups is 1. The molecule has 1 saturated carbocycles. The predicted molar refractivity (Wildman–Crippen MR) is 79.9 cm³/mol. The summed E-state index contributed by atoms with van der Waals surface area (Å²) in [7, 11) is -3.51. The fourth-order valence-electron chi connectivity index (χ4n) is 2.89. The third-order valence-corrected chi connectivity index (χ3v) is 6.16. The van der Waals surface area contributed by atoms with Crippen molar-refractivity contribution in [3.63, 3.8) is 0 Å². The molecule has 0 atom stereocenters. The van der Waals surface area contributed by atoms with Gasteiger partial charge in [0.1, 0.15) is 0 Å². The molecule has 8 heteroatoms. The zero-order chi connectivity index (χ0) is 16.7. The van der Waals surface area contributed by atoms with Gasteiger partial charge in [0.05, 0.1) is 4.90 Å². The monoisotopic (exact) mass is 344 g/mol. The largest absolute Gasteiger partial charge is 0.349 e. The Bertz CT molecular complexity index is 690. The lowest BCUT2D eigenvalue weighted by atomic mass is 9.88. The number of hydrogen-bond acceptors (Lipinski definition) is 3. The van der Waals surface area contributed by atoms with Crippen LogP contribution in [0.4, 0.5) is 8.78 Å². The Morgan fingerprint density at radius 3 is 2.22 bits per heavy atom. The molecule has 1 N–H and O–H groups in total. The quantitative estimate of drug-likeness (QED) is 0.908. The van der Waals surface area contributed by atoms with Crippen LogP contribution < -0.4 is 5.32 Å². The summed E-state index contributed by atoms with van der Waals surface area (Å²) in [4.78, 5) is 12.1. The molecule has 1 aromatic rings. The molecule has 0 unspecified atom stereocenters. The van der Waals surface area contributed by atoms with Gasteiger partial charge in [0, 0.05) is 37.5 Å². The van der Waals surface area contributed by atoms with Crippen molar-refractivity contribution in [1.29, 1.82) is 0 Å². The van der Waals surface area contributed by atoms with E-state index in [2.05, 4.69) is 5.32 Å². The summed E-state index contributed by atoms with van der Waals surface area (Å²) in [5, 5.41) is 2.52. The van der Waals surface area contributed by atoms with Crippen molar-refractivity contribution in [1.82, 2.24) is 9.62 Å². The number of benzene rings is 1. The Balaban J connectivity index is 1.66. The van der Waals surface area contributed by atoms with Crippen LogP contribution in [-0.4, -0.2) is 43.7 Å². The van der Waals surface area contributed by atoms with E-state index in [1.165, 1.54) is 28.6 Å². The van der Waals surface area contributed by atoms with Gasteiger partial charge in [0.15, 0.2) is 0 Å². The molecule has 0 aromatic heterocycles. The fourth-order valence-corrected chi connectivity index (χ4v) is 4.40. The van der Waals surface area contributed by atoms with Crippen molar-refractivity contribution in [2.75, 3.05) is 13.1 Å². The first-order chi connectivity index (χ1) is 10.8. The highest BCUT2D eigenvalue weighted by Crippen LogP contribution is 2.37. The van der Waals surface area contributed by atoms with Gasteiger partial charge >= 0.3 is 0 Å². The molecule has 126 valence electrons. The van der Waals surface area contributed by atoms with E-state index in [9.17, 15) is 22.0 Å². The predicted octanol–water partition coefficient (Wildman–Crippen LogP) is 2.00. The van der Waals surface area contributed by atoms with E-state index in [1.54, 1.807) is 0 Å². The summed E-state index contributed by atoms with van der Waals surface area (Å²) >= 11 is 0. The molecule has 1 amide bonds. The van der Waals surface area contributed by atoms with Crippen LogP contribution in [-0.2, 0) is 10.0 Å². The van der Waals surface area contributed by atoms with Gasteiger partial charge < -0.3 is 5.32 Å². The smallest absolute Gasteiger partial charge is 0.252 e. The number of halogens is 2. The average molecular weight is 344 g/mol. The van der Waals surface area contributed by atoms with Crippen LogP contribution in [0.5, 0.6) is 0 Å². The molecule has 0 radical (unpaired) electrons. The van der Waals surface area contributed by atoms with Crippen LogP contribution in [0, 0.1) is 0 Å². The lowest BCUT2D eigenvalue weighted by molar-refractivity contribution is -0.0901. The fraction of sp³-hybridized carbons (Fsp3) is 0.533. The molecule has 3 rings (SSSR count). The van der Waals surface area contributed by atoms with Crippen molar-refractivity contribution in [3.05, 3.63) is 29.8 Å². The highest BCUT2D eigenvalue weighted by Gasteiger charge is 2.45. The normalized spacial score (nSPS) is 21.8. The van der Waals surface area contributed by atoms with E-state index in [0.29, 0.717) is 13.1 Å². The molecule has 0 spiro atoms. The first-order valence-electron chi connectivity index (χ1n) is 7.57. The third-order valence-electron chi connectivity index (χ3n) is 4.24. The van der Waals surface area contributed by atoms with Crippen molar-refractivity contribution >= 4 is 15.9 Å². The van der Waals surface area contributed by atoms with Gasteiger partial charge in [-0.15, -0.1) is 0 Å². The van der Waals surface area contributed by atoms with Gasteiger partial charge in [-0.05, 0) is 37.1 Å². The SMILES string of the molecule is O=C(NC1CC(F)(F)C1)c1ccc(S(=O)(=O)N2CCCC2)cc1. The Kier molecular flexibility index (Phi) is 4.14. The van der Waals surface area contributed by atoms with Crippen LogP contribution in [0.1, 0.15) is 36.0 Å². The van der Waals surface area contributed by atoms with Gasteiger partial charge in [-0.1, -0.05) is 0 Å². The van der Waals surface area contributed by atoms with Gasteiger partial charge in [-0.3, -0.25) is 4.79 Å². The molecule has 2 aliphatic rings. The lowest BCUT2D eigenvalue weighted by Crippen LogP contribution is -2.50. The maximum Gasteiger partial charge on any atom is 0.252 e. The standard InChI is InChI=1S/C15H18F2N2O3S/c16-15(17)9-12(10-15)18-14(20)11-3-5-13(6-4-11)23(21,22)19-7-1-2-8-19/h3-6,12H,1-2,7-10H2,(H,18,20). The van der Waals surface area contributed by atoms with Crippen molar-refractivity contribution in [2.24, 2.45) is 0 Å². The first-order valence-corrected chi connectivity index (χ1v) is 9.01. The molecule has 1 aliphatic heterocycles. The summed E-state index contributed by atoms with van der Waals surface area (Å²) < 4.78 is 51.7. The Labute approximate surface area is 133 Å². The number of amides is 1. The Morgan fingerprint density at radius 1 is 1.13 bits per heavy atom. The number of nitrogens with one attached hydrogen (secondary N) is 1. The average Bonchev–Trinajstić information content (AvgIpc) is 3.00. The molecule has 0 bridgehead atoms. The zero-order valence-electron chi connectivity index (χ0n) is 12.5. The number of carbonyl (C=O) groups excluding carboxylic acids is 1. The van der Waals surface area contributed by atoms with Crippen LogP contribution in [0.2, 0.25) is 0 Å². The van der Waals surface area contributed by atoms with Crippen molar-refractivity contribution in [3.8, 4) is 0 Å². The summed E-state index contributed by atoms with van der Waals surface area (Å²) in [6.07, 6.45) is 1.01. The van der Waals surface area contributed by atoms with Crippen molar-refractivity contribution in [2.45, 2.75) is 42.5 Å². The van der Waals surface area contributed by atoms with Crippen LogP contribution in [0.3, 0.4) is 0 Å². The maximum atomic E-state index is 12.8. The molecule has 1 aliphatic carbocycles. The van der Waals surface area contributed by atoms with E-state index in [4.69, 9.17) is 0 Å². The molecular formula is C15H18F2N2O3S. The van der Waals surface area contributed by atoms with Gasteiger partial charge in [-0.25, -0.2) is 17.2 Å². The number of sulfonamides is 1. The second kappa shape index (κ2) is 5.83. The van der Waals surface area contributed by atoms with Crippen LogP contribution in [0.25, 0.3) is 0 Å². The van der Waals surface area contributed by atoms with E-state index in [0.717, 1.165) is 12.8 Å². The molecule has 1 heterocycles. The number of nitrogens with zero attached hydrogens (tertiary/aromatic N) is 1. The van der Waals surface area contributed by atoms with Gasteiger partial charge in [0.2, 0.25) is 10.0 Å². The topological polar surface area (TPSA) is 66.5 Å². The number of alkyl halides is 2. The summed E-state index contributed by atoms with van der Waals surface area (Å²) in [6.45, 7) is 1.03. The molecule has 1 aromatic carbocycles. The zero-order valence-corrected chi connectivity index (χ0v) is 13.3. The van der Waals surface area contributed by atoms with E-state index in [1.807, 2.05) is 0 Å². The Hall–Kier alpha value is -1.54. The molecular weight excluding hydrogens is 326 g/mol. The summed E-state index contributed by atoms with van der Waals surface area (Å²) in [5.74, 6) is -3.15. The van der Waals surface area contributed by atoms with E-state index < -0.39 is 27.9 Å². The minimum atomic E-state index is -3.51. The Morgan fingerprint density at radius 2 is 1.70 bits per heavy atom. The van der Waals surface area contributed by atoms with E-state index >= 15 is 0 Å². The van der Waals surface area contributed by atoms with E-state index in [-0.39, 0.29) is 23.3 Å². The molecule has 1 saturated heterocycles. The lowest BCUT2D eigenvalue weighted by Gasteiger charge is -2.35. The molecule has 5 nitrogen and oxygen atoms in total. The minimum absolute atomic E-state index is 0.145. The first kappa shape index (κ1) is 16.3. The highest BCUT2D eigenvalue weighted by molar-refractivity contribution is 7.89. The second-order valence-electron chi connectivity index (χ2n) is 6.07. The molecule has 23 heavy (non-hydrogen) atoms. The van der Waals surface area contributed by atoms with Crippen LogP contribution in [0.15, 0.2) is 29.2 Å². The molecule has 2 fully saturated rings. The maximum absolute atomic E-state index is 12.8. The summed E-state index contributed by atoms with van der Waals surface area (Å²) in [6, 6.07) is 5.07. The highest BCUT2D eigenvalue weighted by atomic mass is 32.2.